The van der Waals surface area contributed by atoms with E-state index in [1.165, 1.54) is 18.2 Å². The number of nitrogens with zero attached hydrogens (tertiary/aromatic N) is 1. The Bertz CT molecular complexity index is 470. The molecule has 4 nitrogen and oxygen atoms in total. The number of ether oxygens (including phenoxy) is 1. The van der Waals surface area contributed by atoms with Gasteiger partial charge < -0.3 is 14.9 Å². The monoisotopic (exact) mass is 214 g/mol. The van der Waals surface area contributed by atoms with Crippen molar-refractivity contribution in [2.75, 3.05) is 0 Å². The van der Waals surface area contributed by atoms with E-state index < -0.39 is 6.61 Å². The molecule has 1 heterocycles. The maximum absolute atomic E-state index is 11.9. The van der Waals surface area contributed by atoms with Gasteiger partial charge in [-0.05, 0) is 12.1 Å². The van der Waals surface area contributed by atoms with E-state index in [1.54, 1.807) is 0 Å². The highest BCUT2D eigenvalue weighted by Gasteiger charge is 2.08. The van der Waals surface area contributed by atoms with Crippen LogP contribution in [0, 0.1) is 0 Å². The Morgan fingerprint density at radius 1 is 1.47 bits per heavy atom. The number of fused-ring (bicyclic) bond motifs is 1. The predicted octanol–water partition coefficient (Wildman–Crippen LogP) is 1.89. The van der Waals surface area contributed by atoms with Gasteiger partial charge in [0.15, 0.2) is 5.58 Å². The van der Waals surface area contributed by atoms with E-state index >= 15 is 0 Å². The number of halogens is 2. The topological polar surface area (TPSA) is 61.3 Å². The third-order valence-electron chi connectivity index (χ3n) is 1.80. The quantitative estimate of drug-likeness (QED) is 0.847. The minimum absolute atomic E-state index is 0.0391. The molecule has 1 aromatic heterocycles. The summed E-state index contributed by atoms with van der Waals surface area (Å²) in [4.78, 5) is 4.02. The van der Waals surface area contributed by atoms with Crippen molar-refractivity contribution in [1.82, 2.24) is 4.98 Å². The second-order valence-electron chi connectivity index (χ2n) is 2.82. The Morgan fingerprint density at radius 3 is 2.93 bits per heavy atom. The zero-order valence-electron chi connectivity index (χ0n) is 7.61. The third-order valence-corrected chi connectivity index (χ3v) is 1.80. The molecular formula is C9H8F2N2O2. The summed E-state index contributed by atoms with van der Waals surface area (Å²) in [6, 6.07) is 4.29. The van der Waals surface area contributed by atoms with E-state index in [0.717, 1.165) is 0 Å². The van der Waals surface area contributed by atoms with Crippen LogP contribution in [-0.2, 0) is 6.54 Å². The molecule has 0 bridgehead atoms. The number of hydrogen-bond acceptors (Lipinski definition) is 4. The minimum Gasteiger partial charge on any atom is -0.439 e. The van der Waals surface area contributed by atoms with Crippen molar-refractivity contribution in [3.63, 3.8) is 0 Å². The lowest BCUT2D eigenvalue weighted by molar-refractivity contribution is -0.0497. The summed E-state index contributed by atoms with van der Waals surface area (Å²) in [6.07, 6.45) is 0. The number of rotatable bonds is 3. The molecule has 0 aliphatic heterocycles. The summed E-state index contributed by atoms with van der Waals surface area (Å²) in [5.41, 5.74) is 6.27. The van der Waals surface area contributed by atoms with Gasteiger partial charge in [-0.25, -0.2) is 4.98 Å². The summed E-state index contributed by atoms with van der Waals surface area (Å²) >= 11 is 0. The van der Waals surface area contributed by atoms with Crippen LogP contribution in [0.4, 0.5) is 8.78 Å². The van der Waals surface area contributed by atoms with Gasteiger partial charge in [-0.3, -0.25) is 0 Å². The van der Waals surface area contributed by atoms with Crippen LogP contribution < -0.4 is 10.5 Å². The SMILES string of the molecule is NCc1nc2ccc(OC(F)F)cc2o1. The number of benzene rings is 1. The number of alkyl halides is 2. The number of nitrogens with two attached hydrogens (primary N) is 1. The summed E-state index contributed by atoms with van der Waals surface area (Å²) in [5.74, 6) is 0.399. The van der Waals surface area contributed by atoms with Crippen molar-refractivity contribution in [3.8, 4) is 5.75 Å². The smallest absolute Gasteiger partial charge is 0.387 e. The largest absolute Gasteiger partial charge is 0.439 e. The molecule has 1 aromatic carbocycles. The van der Waals surface area contributed by atoms with Crippen LogP contribution in [0.5, 0.6) is 5.75 Å². The van der Waals surface area contributed by atoms with E-state index in [9.17, 15) is 8.78 Å². The van der Waals surface area contributed by atoms with Gasteiger partial charge in [-0.1, -0.05) is 0 Å². The average Bonchev–Trinajstić information content (AvgIpc) is 2.58. The molecule has 0 aliphatic carbocycles. The number of oxazole rings is 1. The van der Waals surface area contributed by atoms with Crippen LogP contribution in [0.25, 0.3) is 11.1 Å². The molecule has 0 saturated carbocycles. The zero-order valence-corrected chi connectivity index (χ0v) is 7.61. The molecule has 0 fully saturated rings. The van der Waals surface area contributed by atoms with Crippen molar-refractivity contribution >= 4 is 11.1 Å². The van der Waals surface area contributed by atoms with Gasteiger partial charge >= 0.3 is 6.61 Å². The second-order valence-corrected chi connectivity index (χ2v) is 2.82. The van der Waals surface area contributed by atoms with Gasteiger partial charge in [0.2, 0.25) is 5.89 Å². The first-order chi connectivity index (χ1) is 7.19. The zero-order chi connectivity index (χ0) is 10.8. The van der Waals surface area contributed by atoms with Gasteiger partial charge in [0.25, 0.3) is 0 Å². The van der Waals surface area contributed by atoms with Crippen molar-refractivity contribution in [2.24, 2.45) is 5.73 Å². The summed E-state index contributed by atoms with van der Waals surface area (Å²) in [7, 11) is 0. The minimum atomic E-state index is -2.85. The maximum Gasteiger partial charge on any atom is 0.387 e. The van der Waals surface area contributed by atoms with E-state index in [4.69, 9.17) is 10.2 Å². The number of hydrogen-bond donors (Lipinski definition) is 1. The highest BCUT2D eigenvalue weighted by atomic mass is 19.3. The average molecular weight is 214 g/mol. The molecule has 0 atom stereocenters. The Balaban J connectivity index is 2.37. The molecule has 0 saturated heterocycles. The fourth-order valence-corrected chi connectivity index (χ4v) is 1.22. The van der Waals surface area contributed by atoms with Crippen LogP contribution in [0.1, 0.15) is 5.89 Å². The van der Waals surface area contributed by atoms with E-state index in [2.05, 4.69) is 9.72 Å². The Hall–Kier alpha value is -1.69. The first-order valence-electron chi connectivity index (χ1n) is 4.23. The van der Waals surface area contributed by atoms with Crippen molar-refractivity contribution in [2.45, 2.75) is 13.2 Å². The van der Waals surface area contributed by atoms with Crippen LogP contribution in [0.15, 0.2) is 22.6 Å². The molecule has 15 heavy (non-hydrogen) atoms. The lowest BCUT2D eigenvalue weighted by Gasteiger charge is -2.02. The first kappa shape index (κ1) is 9.85. The molecule has 2 N–H and O–H groups in total. The van der Waals surface area contributed by atoms with Crippen LogP contribution in [-0.4, -0.2) is 11.6 Å². The Morgan fingerprint density at radius 2 is 2.27 bits per heavy atom. The maximum atomic E-state index is 11.9. The van der Waals surface area contributed by atoms with E-state index in [-0.39, 0.29) is 12.3 Å². The Labute approximate surface area is 83.6 Å². The van der Waals surface area contributed by atoms with Crippen LogP contribution in [0.3, 0.4) is 0 Å². The first-order valence-corrected chi connectivity index (χ1v) is 4.23. The van der Waals surface area contributed by atoms with Gasteiger partial charge in [-0.2, -0.15) is 8.78 Å². The lowest BCUT2D eigenvalue weighted by atomic mass is 10.3. The molecule has 0 amide bonds. The summed E-state index contributed by atoms with van der Waals surface area (Å²) < 4.78 is 33.2. The van der Waals surface area contributed by atoms with Gasteiger partial charge in [0, 0.05) is 6.07 Å². The standard InChI is InChI=1S/C9H8F2N2O2/c10-9(11)14-5-1-2-6-7(3-5)15-8(4-12)13-6/h1-3,9H,4,12H2. The lowest BCUT2D eigenvalue weighted by Crippen LogP contribution is -2.01. The number of aromatic nitrogens is 1. The fourth-order valence-electron chi connectivity index (χ4n) is 1.22. The molecule has 80 valence electrons. The summed E-state index contributed by atoms with van der Waals surface area (Å²) in [5, 5.41) is 0. The van der Waals surface area contributed by atoms with Crippen molar-refractivity contribution < 1.29 is 17.9 Å². The van der Waals surface area contributed by atoms with E-state index in [1.807, 2.05) is 0 Å². The van der Waals surface area contributed by atoms with E-state index in [0.29, 0.717) is 17.0 Å². The second kappa shape index (κ2) is 3.82. The van der Waals surface area contributed by atoms with Gasteiger partial charge in [0.1, 0.15) is 11.3 Å². The van der Waals surface area contributed by atoms with Crippen LogP contribution in [0.2, 0.25) is 0 Å². The molecule has 0 spiro atoms. The third kappa shape index (κ3) is 2.04. The highest BCUT2D eigenvalue weighted by Crippen LogP contribution is 2.22. The van der Waals surface area contributed by atoms with Crippen molar-refractivity contribution in [1.29, 1.82) is 0 Å². The van der Waals surface area contributed by atoms with Gasteiger partial charge in [0.05, 0.1) is 6.54 Å². The molecule has 0 radical (unpaired) electrons. The van der Waals surface area contributed by atoms with Crippen molar-refractivity contribution in [3.05, 3.63) is 24.1 Å². The normalized spacial score (nSPS) is 11.2. The predicted molar refractivity (Wildman–Crippen MR) is 48.5 cm³/mol. The molecule has 2 aromatic rings. The molecule has 6 heteroatoms. The van der Waals surface area contributed by atoms with Gasteiger partial charge in [-0.15, -0.1) is 0 Å². The fraction of sp³-hybridized carbons (Fsp3) is 0.222. The molecule has 0 aliphatic rings. The Kier molecular flexibility index (Phi) is 2.51. The molecular weight excluding hydrogens is 206 g/mol. The highest BCUT2D eigenvalue weighted by molar-refractivity contribution is 5.74. The van der Waals surface area contributed by atoms with Crippen LogP contribution >= 0.6 is 0 Å². The summed E-state index contributed by atoms with van der Waals surface area (Å²) in [6.45, 7) is -2.68. The molecule has 2 rings (SSSR count). The molecule has 0 unspecified atom stereocenters.